The number of ether oxygens (including phenoxy) is 2. The SMILES string of the molecule is C.C.C.CC(=O)c1ccc(NC(=O)c2ccc(C(F)(F)F)nc2)nc1.COC(=O)c1ccc(N)nc1.Nc1ncc(Cl)cc1OCc1ccc(CCc2ccc(C(F)(F)F)nc2)nc1.O=C(Cl)c1ccc(C(F)(F)F)nc1.O=C(O)c1ccc(C(F)(F)F)nc1.O=S(Cl)Cl.OCc1ccc(NCc2ccc(C(F)(F)F)nc2)nc1.[Al].[H-].[Li+]. The largest absolute Gasteiger partial charge is 1.00 e. The molecule has 0 fully saturated rings. The fraction of sp³-hybridized carbons (Fsp3) is 0.214. The van der Waals surface area contributed by atoms with E-state index in [1.807, 2.05) is 12.1 Å². The van der Waals surface area contributed by atoms with Gasteiger partial charge in [0.2, 0.25) is 9.23 Å². The smallest absolute Gasteiger partial charge is 1.00 e. The molecule has 0 aromatic carbocycles. The van der Waals surface area contributed by atoms with Crippen molar-refractivity contribution in [2.45, 2.75) is 92.7 Å². The van der Waals surface area contributed by atoms with Crippen molar-refractivity contribution in [3.63, 3.8) is 0 Å². The van der Waals surface area contributed by atoms with Gasteiger partial charge in [0.1, 0.15) is 52.5 Å². The predicted molar refractivity (Wildman–Crippen MR) is 400 cm³/mol. The summed E-state index contributed by atoms with van der Waals surface area (Å²) in [6, 6.07) is 24.3. The van der Waals surface area contributed by atoms with Crippen LogP contribution in [0.3, 0.4) is 0 Å². The van der Waals surface area contributed by atoms with Gasteiger partial charge in [-0.3, -0.25) is 44.3 Å². The molecule has 0 bridgehead atoms. The molecule has 0 aliphatic carbocycles. The summed E-state index contributed by atoms with van der Waals surface area (Å²) < 4.78 is 202. The van der Waals surface area contributed by atoms with Crippen LogP contribution in [-0.4, -0.2) is 118 Å². The minimum atomic E-state index is -4.56. The number of nitrogens with zero attached hydrogens (tertiary/aromatic N) is 10. The van der Waals surface area contributed by atoms with Gasteiger partial charge < -0.3 is 43.2 Å². The number of nitrogen functional groups attached to an aromatic ring is 2. The van der Waals surface area contributed by atoms with Crippen LogP contribution >= 0.6 is 44.6 Å². The normalized spacial score (nSPS) is 10.5. The van der Waals surface area contributed by atoms with Gasteiger partial charge in [-0.15, -0.1) is 0 Å². The number of hydrogen-bond acceptors (Lipinski definition) is 22. The number of aromatic nitrogens is 10. The van der Waals surface area contributed by atoms with E-state index in [0.29, 0.717) is 87.9 Å². The summed E-state index contributed by atoms with van der Waals surface area (Å²) in [5.41, 5.74) is 10.1. The second-order valence-corrected chi connectivity index (χ2v) is 24.4. The Bertz CT molecular complexity index is 4610. The molecular formula is C70H66AlCl4F15LiN14O10S. The first kappa shape index (κ1) is 108. The first-order valence-electron chi connectivity index (χ1n) is 30.0. The Balaban J connectivity index is -0.00000134. The number of nitrogens with one attached hydrogen (secondary N) is 2. The molecular weight excluding hydrogens is 1690 g/mol. The number of hydrogen-bond donors (Lipinski definition) is 6. The number of anilines is 4. The topological polar surface area (TPSA) is 366 Å². The van der Waals surface area contributed by atoms with Gasteiger partial charge in [0.25, 0.3) is 11.1 Å². The Kier molecular flexibility index (Phi) is 47.4. The van der Waals surface area contributed by atoms with Crippen molar-refractivity contribution in [3.05, 3.63) is 266 Å². The van der Waals surface area contributed by atoms with E-state index in [2.05, 4.69) is 86.6 Å². The van der Waals surface area contributed by atoms with E-state index < -0.39 is 91.7 Å². The summed E-state index contributed by atoms with van der Waals surface area (Å²) >= 11 is 10.9. The van der Waals surface area contributed by atoms with E-state index in [9.17, 15) is 89.8 Å². The van der Waals surface area contributed by atoms with E-state index in [1.54, 1.807) is 36.5 Å². The standard InChI is InChI=1S/C19H16ClF3N4O.C14H10F3N3O2.C13H12F3N3O.C7H3ClF3NO.C7H4F3NO2.C7H8N2O2.3CH4.Al.Cl2OS.Li.H/c20-14-7-16(18(24)27-10-14)28-11-13-2-5-15(25-9-13)4-1-12-3-6-17(26-8-12)19(21,22)23;1-8(21)9-3-5-12(19-6-9)20-13(22)10-2-4-11(18-7-10)14(15,16)17;14-13(15,16)11-3-1-9(5-17-11)6-18-12-4-2-10(8-20)7-19-12;8-6(13)4-1-2-5(12-3-4)7(9,10)11;8-7(9,10)5-2-1-4(3-11-5)6(12)13;1-11-7(10)5-2-3-6(8)9-4-5;;;;;1-4(2)3;;/h2-3,5-10H,1,4,11H2,(H2,24,27);2-7H,1H3,(H,19,20,22);1-5,7,20H,6,8H2,(H,18,19);1-3H;1-3H,(H,12,13);2-4H,1H3,(H2,8,9);3*1H4;;;;/q;;;;;;;;;;;+1;-1. The quantitative estimate of drug-likeness (QED) is 0.0172. The van der Waals surface area contributed by atoms with Crippen LogP contribution in [0.4, 0.5) is 89.1 Å². The monoisotopic (exact) mass is 1750 g/mol. The number of carbonyl (C=O) groups is 5. The summed E-state index contributed by atoms with van der Waals surface area (Å²) in [4.78, 5) is 90.4. The van der Waals surface area contributed by atoms with E-state index in [1.165, 1.54) is 75.5 Å². The van der Waals surface area contributed by atoms with Crippen LogP contribution in [0.5, 0.6) is 5.75 Å². The number of aliphatic hydroxyl groups is 1. The number of alkyl halides is 15. The number of halogens is 19. The minimum Gasteiger partial charge on any atom is -1.00 e. The number of aromatic carboxylic acids is 1. The third-order valence-electron chi connectivity index (χ3n) is 13.0. The Morgan fingerprint density at radius 1 is 0.500 bits per heavy atom. The number of nitrogens with two attached hydrogens (primary N) is 2. The first-order valence-corrected chi connectivity index (χ1v) is 33.6. The van der Waals surface area contributed by atoms with Gasteiger partial charge in [-0.2, -0.15) is 65.9 Å². The Hall–Kier alpha value is -10.2. The number of pyridine rings is 10. The summed E-state index contributed by atoms with van der Waals surface area (Å²) in [5, 5.41) is 22.2. The van der Waals surface area contributed by atoms with Gasteiger partial charge in [0.15, 0.2) is 17.4 Å². The van der Waals surface area contributed by atoms with E-state index in [0.717, 1.165) is 60.0 Å². The molecule has 619 valence electrons. The number of carboxylic acids is 1. The zero-order valence-corrected chi connectivity index (χ0v) is 62.7. The van der Waals surface area contributed by atoms with Crippen LogP contribution in [0, 0.1) is 0 Å². The van der Waals surface area contributed by atoms with Crippen molar-refractivity contribution in [2.75, 3.05) is 29.2 Å². The molecule has 10 aromatic rings. The van der Waals surface area contributed by atoms with Gasteiger partial charge in [-0.1, -0.05) is 58.1 Å². The summed E-state index contributed by atoms with van der Waals surface area (Å²) in [6.07, 6.45) is -9.28. The number of esters is 1. The van der Waals surface area contributed by atoms with Gasteiger partial charge in [-0.05, 0) is 133 Å². The van der Waals surface area contributed by atoms with Gasteiger partial charge in [-0.25, -0.2) is 33.7 Å². The van der Waals surface area contributed by atoms with Crippen LogP contribution in [0.2, 0.25) is 5.02 Å². The van der Waals surface area contributed by atoms with Crippen molar-refractivity contribution >= 4 is 123 Å². The maximum atomic E-state index is 12.5. The van der Waals surface area contributed by atoms with Crippen molar-refractivity contribution in [1.82, 2.24) is 49.8 Å². The first-order chi connectivity index (χ1) is 51.9. The number of carboxylic acid groups (broad SMARTS) is 1. The molecule has 0 saturated carbocycles. The molecule has 116 heavy (non-hydrogen) atoms. The number of rotatable bonds is 16. The molecule has 46 heteroatoms. The second-order valence-electron chi connectivity index (χ2n) is 21.1. The average molecular weight is 1760 g/mol. The van der Waals surface area contributed by atoms with Crippen molar-refractivity contribution in [2.24, 2.45) is 0 Å². The summed E-state index contributed by atoms with van der Waals surface area (Å²) in [6.45, 7) is 1.86. The zero-order chi connectivity index (χ0) is 83.0. The van der Waals surface area contributed by atoms with Gasteiger partial charge in [0, 0.05) is 130 Å². The molecule has 10 rings (SSSR count). The fourth-order valence-corrected chi connectivity index (χ4v) is 7.75. The molecule has 0 atom stereocenters. The molecule has 10 heterocycles. The maximum Gasteiger partial charge on any atom is 1.00 e. The van der Waals surface area contributed by atoms with Crippen LogP contribution in [0.1, 0.15) is 139 Å². The van der Waals surface area contributed by atoms with Crippen molar-refractivity contribution < 1.29 is 134 Å². The number of amides is 1. The van der Waals surface area contributed by atoms with Crippen molar-refractivity contribution in [3.8, 4) is 5.75 Å². The third kappa shape index (κ3) is 39.9. The van der Waals surface area contributed by atoms with Gasteiger partial charge >= 0.3 is 61.7 Å². The zero-order valence-electron chi connectivity index (χ0n) is 58.7. The molecule has 0 aliphatic heterocycles. The molecule has 10 aromatic heterocycles. The van der Waals surface area contributed by atoms with E-state index in [4.69, 9.17) is 53.8 Å². The van der Waals surface area contributed by atoms with Crippen LogP contribution in [0.25, 0.3) is 0 Å². The molecule has 3 radical (unpaired) electrons. The Morgan fingerprint density at radius 2 is 0.905 bits per heavy atom. The summed E-state index contributed by atoms with van der Waals surface area (Å²) in [5.74, 6) is -0.750. The molecule has 8 N–H and O–H groups in total. The summed E-state index contributed by atoms with van der Waals surface area (Å²) in [7, 11) is 8.68. The Morgan fingerprint density at radius 3 is 1.28 bits per heavy atom. The van der Waals surface area contributed by atoms with E-state index in [-0.39, 0.29) is 107 Å². The molecule has 0 unspecified atom stereocenters. The molecule has 0 aliphatic rings. The molecule has 1 amide bonds. The predicted octanol–water partition coefficient (Wildman–Crippen LogP) is 14.5. The second kappa shape index (κ2) is 51.0. The molecule has 24 nitrogen and oxygen atoms in total. The Labute approximate surface area is 697 Å². The van der Waals surface area contributed by atoms with Crippen molar-refractivity contribution in [1.29, 1.82) is 0 Å². The van der Waals surface area contributed by atoms with Crippen LogP contribution in [0.15, 0.2) is 177 Å². The van der Waals surface area contributed by atoms with Crippen LogP contribution < -0.4 is 45.7 Å². The fourth-order valence-electron chi connectivity index (χ4n) is 7.49. The number of ketones is 1. The number of aryl methyl sites for hydroxylation is 2. The van der Waals surface area contributed by atoms with Crippen LogP contribution in [-0.2, 0) is 77.4 Å². The maximum absolute atomic E-state index is 12.5. The molecule has 0 spiro atoms. The number of Topliss-reactive ketones (excluding diaryl/α,β-unsaturated/α-hetero) is 1. The number of methoxy groups -OCH3 is 1. The number of aliphatic hydroxyl groups excluding tert-OH is 1. The molecule has 0 saturated heterocycles. The number of carbonyl (C=O) groups excluding carboxylic acids is 4. The third-order valence-corrected chi connectivity index (χ3v) is 13.5. The van der Waals surface area contributed by atoms with E-state index >= 15 is 0 Å². The average Bonchev–Trinajstić information content (AvgIpc) is 0.855. The minimum absolute atomic E-state index is 0. The van der Waals surface area contributed by atoms with Gasteiger partial charge in [0.05, 0.1) is 41.0 Å².